The van der Waals surface area contributed by atoms with E-state index in [0.717, 1.165) is 25.7 Å². The van der Waals surface area contributed by atoms with Crippen molar-refractivity contribution in [1.82, 2.24) is 10.2 Å². The van der Waals surface area contributed by atoms with Crippen LogP contribution in [-0.2, 0) is 14.3 Å². The molecular weight excluding hydrogens is 275 g/mol. The summed E-state index contributed by atoms with van der Waals surface area (Å²) in [4.78, 5) is 25.0. The van der Waals surface area contributed by atoms with Crippen LogP contribution in [0.5, 0.6) is 0 Å². The van der Waals surface area contributed by atoms with E-state index >= 15 is 0 Å². The largest absolute Gasteiger partial charge is 0.365 e. The van der Waals surface area contributed by atoms with Crippen LogP contribution in [-0.4, -0.2) is 49.6 Å². The fourth-order valence-electron chi connectivity index (χ4n) is 2.88. The van der Waals surface area contributed by atoms with E-state index in [1.165, 1.54) is 24.4 Å². The molecule has 0 unspecified atom stereocenters. The van der Waals surface area contributed by atoms with E-state index < -0.39 is 17.8 Å². The average Bonchev–Trinajstić information content (AvgIpc) is 2.54. The van der Waals surface area contributed by atoms with E-state index in [4.69, 9.17) is 4.74 Å². The van der Waals surface area contributed by atoms with Crippen molar-refractivity contribution in [3.63, 3.8) is 0 Å². The lowest BCUT2D eigenvalue weighted by Gasteiger charge is -2.31. The number of amides is 2. The SMILES string of the molecule is CNC(=O)[C@H]1CN(C(=O)/C(F)=C\C2CCCCC2)CCO1. The maximum Gasteiger partial charge on any atom is 0.282 e. The van der Waals surface area contributed by atoms with Crippen molar-refractivity contribution in [3.05, 3.63) is 11.9 Å². The van der Waals surface area contributed by atoms with Gasteiger partial charge in [0.1, 0.15) is 0 Å². The summed E-state index contributed by atoms with van der Waals surface area (Å²) in [5.41, 5.74) is 0. The van der Waals surface area contributed by atoms with E-state index in [1.54, 1.807) is 0 Å². The normalized spacial score (nSPS) is 24.8. The van der Waals surface area contributed by atoms with Gasteiger partial charge >= 0.3 is 0 Å². The molecule has 1 N–H and O–H groups in total. The maximum atomic E-state index is 14.1. The molecule has 1 atom stereocenters. The summed E-state index contributed by atoms with van der Waals surface area (Å²) in [7, 11) is 1.51. The van der Waals surface area contributed by atoms with Crippen LogP contribution in [0, 0.1) is 5.92 Å². The molecule has 1 saturated heterocycles. The van der Waals surface area contributed by atoms with Crippen LogP contribution in [0.15, 0.2) is 11.9 Å². The molecule has 0 aromatic carbocycles. The van der Waals surface area contributed by atoms with E-state index in [2.05, 4.69) is 5.32 Å². The molecule has 0 aromatic rings. The van der Waals surface area contributed by atoms with Gasteiger partial charge in [-0.15, -0.1) is 0 Å². The molecule has 5 nitrogen and oxygen atoms in total. The molecule has 2 aliphatic rings. The first kappa shape index (κ1) is 15.9. The first-order valence-corrected chi connectivity index (χ1v) is 7.61. The van der Waals surface area contributed by atoms with Gasteiger partial charge in [0, 0.05) is 13.6 Å². The zero-order chi connectivity index (χ0) is 15.2. The summed E-state index contributed by atoms with van der Waals surface area (Å²) in [5, 5.41) is 2.48. The summed E-state index contributed by atoms with van der Waals surface area (Å²) in [6.45, 7) is 0.670. The number of halogens is 1. The third-order valence-corrected chi connectivity index (χ3v) is 4.13. The summed E-state index contributed by atoms with van der Waals surface area (Å²) in [6, 6.07) is 0. The van der Waals surface area contributed by atoms with Gasteiger partial charge in [0.25, 0.3) is 11.8 Å². The van der Waals surface area contributed by atoms with Gasteiger partial charge in [-0.05, 0) is 24.8 Å². The number of hydrogen-bond donors (Lipinski definition) is 1. The molecular formula is C15H23FN2O3. The van der Waals surface area contributed by atoms with Crippen molar-refractivity contribution in [3.8, 4) is 0 Å². The highest BCUT2D eigenvalue weighted by atomic mass is 19.1. The molecule has 0 aromatic heterocycles. The molecule has 2 rings (SSSR count). The topological polar surface area (TPSA) is 58.6 Å². The van der Waals surface area contributed by atoms with Crippen LogP contribution < -0.4 is 5.32 Å². The summed E-state index contributed by atoms with van der Waals surface area (Å²) in [6.07, 6.45) is 6.03. The molecule has 6 heteroatoms. The van der Waals surface area contributed by atoms with Crippen LogP contribution in [0.25, 0.3) is 0 Å². The second-order valence-electron chi connectivity index (χ2n) is 5.64. The molecule has 118 valence electrons. The first-order chi connectivity index (χ1) is 10.1. The number of carbonyl (C=O) groups is 2. The molecule has 1 heterocycles. The van der Waals surface area contributed by atoms with Crippen LogP contribution in [0.4, 0.5) is 4.39 Å². The minimum Gasteiger partial charge on any atom is -0.365 e. The molecule has 0 spiro atoms. The van der Waals surface area contributed by atoms with Crippen molar-refractivity contribution in [2.45, 2.75) is 38.2 Å². The highest BCUT2D eigenvalue weighted by Crippen LogP contribution is 2.26. The Morgan fingerprint density at radius 3 is 2.67 bits per heavy atom. The first-order valence-electron chi connectivity index (χ1n) is 7.61. The number of nitrogens with one attached hydrogen (secondary N) is 1. The van der Waals surface area contributed by atoms with Gasteiger partial charge in [0.05, 0.1) is 13.2 Å². The lowest BCUT2D eigenvalue weighted by Crippen LogP contribution is -2.51. The van der Waals surface area contributed by atoms with Crippen molar-refractivity contribution >= 4 is 11.8 Å². The lowest BCUT2D eigenvalue weighted by atomic mass is 9.89. The third kappa shape index (κ3) is 4.27. The number of likely N-dealkylation sites (N-methyl/N-ethyl adjacent to an activating group) is 1. The van der Waals surface area contributed by atoms with Crippen molar-refractivity contribution in [1.29, 1.82) is 0 Å². The molecule has 0 radical (unpaired) electrons. The number of allylic oxidation sites excluding steroid dienone is 1. The quantitative estimate of drug-likeness (QED) is 0.801. The molecule has 2 amide bonds. The molecule has 2 fully saturated rings. The van der Waals surface area contributed by atoms with Gasteiger partial charge in [-0.1, -0.05) is 19.3 Å². The van der Waals surface area contributed by atoms with Gasteiger partial charge in [-0.2, -0.15) is 0 Å². The number of ether oxygens (including phenoxy) is 1. The number of nitrogens with zero attached hydrogens (tertiary/aromatic N) is 1. The molecule has 1 aliphatic carbocycles. The van der Waals surface area contributed by atoms with Crippen molar-refractivity contribution in [2.75, 3.05) is 26.7 Å². The fraction of sp³-hybridized carbons (Fsp3) is 0.733. The Morgan fingerprint density at radius 1 is 1.29 bits per heavy atom. The number of rotatable bonds is 3. The Labute approximate surface area is 124 Å². The Bertz CT molecular complexity index is 419. The Kier molecular flexibility index (Phi) is 5.73. The second-order valence-corrected chi connectivity index (χ2v) is 5.64. The van der Waals surface area contributed by atoms with Gasteiger partial charge in [0.2, 0.25) is 0 Å². The zero-order valence-corrected chi connectivity index (χ0v) is 12.4. The van der Waals surface area contributed by atoms with E-state index in [-0.39, 0.29) is 25.0 Å². The number of carbonyl (C=O) groups excluding carboxylic acids is 2. The van der Waals surface area contributed by atoms with Crippen LogP contribution in [0.2, 0.25) is 0 Å². The zero-order valence-electron chi connectivity index (χ0n) is 12.4. The van der Waals surface area contributed by atoms with E-state index in [1.807, 2.05) is 0 Å². The number of hydrogen-bond acceptors (Lipinski definition) is 3. The highest BCUT2D eigenvalue weighted by Gasteiger charge is 2.30. The Hall–Kier alpha value is -1.43. The highest BCUT2D eigenvalue weighted by molar-refractivity contribution is 5.92. The van der Waals surface area contributed by atoms with Crippen LogP contribution >= 0.6 is 0 Å². The van der Waals surface area contributed by atoms with E-state index in [9.17, 15) is 14.0 Å². The predicted molar refractivity (Wildman–Crippen MR) is 76.2 cm³/mol. The van der Waals surface area contributed by atoms with Crippen molar-refractivity contribution < 1.29 is 18.7 Å². The third-order valence-electron chi connectivity index (χ3n) is 4.13. The summed E-state index contributed by atoms with van der Waals surface area (Å²) in [5.74, 6) is -1.44. The summed E-state index contributed by atoms with van der Waals surface area (Å²) >= 11 is 0. The van der Waals surface area contributed by atoms with Gasteiger partial charge in [0.15, 0.2) is 11.9 Å². The minimum absolute atomic E-state index is 0.102. The lowest BCUT2D eigenvalue weighted by molar-refractivity contribution is -0.145. The van der Waals surface area contributed by atoms with E-state index in [0.29, 0.717) is 6.54 Å². The smallest absolute Gasteiger partial charge is 0.282 e. The van der Waals surface area contributed by atoms with Gasteiger partial charge in [-0.25, -0.2) is 4.39 Å². The van der Waals surface area contributed by atoms with Crippen LogP contribution in [0.3, 0.4) is 0 Å². The fourth-order valence-corrected chi connectivity index (χ4v) is 2.88. The molecule has 21 heavy (non-hydrogen) atoms. The van der Waals surface area contributed by atoms with Crippen molar-refractivity contribution in [2.24, 2.45) is 5.92 Å². The maximum absolute atomic E-state index is 14.1. The van der Waals surface area contributed by atoms with Gasteiger partial charge < -0.3 is 15.0 Å². The monoisotopic (exact) mass is 298 g/mol. The van der Waals surface area contributed by atoms with Gasteiger partial charge in [-0.3, -0.25) is 9.59 Å². The second kappa shape index (κ2) is 7.54. The summed E-state index contributed by atoms with van der Waals surface area (Å²) < 4.78 is 19.4. The molecule has 1 saturated carbocycles. The Balaban J connectivity index is 1.94. The minimum atomic E-state index is -0.713. The Morgan fingerprint density at radius 2 is 2.00 bits per heavy atom. The van der Waals surface area contributed by atoms with Crippen LogP contribution in [0.1, 0.15) is 32.1 Å². The standard InChI is InChI=1S/C15H23FN2O3/c1-17-14(19)13-10-18(7-8-21-13)15(20)12(16)9-11-5-3-2-4-6-11/h9,11,13H,2-8,10H2,1H3,(H,17,19)/b12-9+/t13-/m1/s1. The molecule has 1 aliphatic heterocycles. The number of morpholine rings is 1. The molecule has 0 bridgehead atoms. The average molecular weight is 298 g/mol. The predicted octanol–water partition coefficient (Wildman–Crippen LogP) is 1.39.